The minimum Gasteiger partial charge on any atom is -0.462 e. The van der Waals surface area contributed by atoms with Gasteiger partial charge < -0.3 is 15.4 Å². The molecule has 1 amide bonds. The van der Waals surface area contributed by atoms with Gasteiger partial charge >= 0.3 is 5.97 Å². The van der Waals surface area contributed by atoms with Crippen LogP contribution in [-0.4, -0.2) is 28.6 Å². The summed E-state index contributed by atoms with van der Waals surface area (Å²) in [4.78, 5) is 29.1. The Kier molecular flexibility index (Phi) is 8.63. The van der Waals surface area contributed by atoms with Gasteiger partial charge in [0.2, 0.25) is 0 Å². The van der Waals surface area contributed by atoms with Crippen LogP contribution in [-0.2, 0) is 17.6 Å². The van der Waals surface area contributed by atoms with Gasteiger partial charge in [-0.05, 0) is 85.1 Å². The number of ether oxygens (including phenoxy) is 1. The maximum atomic E-state index is 12.8. The molecule has 1 unspecified atom stereocenters. The van der Waals surface area contributed by atoms with Crippen molar-refractivity contribution < 1.29 is 14.3 Å². The third kappa shape index (κ3) is 6.57. The Morgan fingerprint density at radius 1 is 1.07 bits per heavy atom. The number of amides is 1. The lowest BCUT2D eigenvalue weighted by Gasteiger charge is -2.23. The molecule has 206 valence electrons. The van der Waals surface area contributed by atoms with Crippen LogP contribution in [0.3, 0.4) is 0 Å². The molecule has 0 saturated carbocycles. The number of anilines is 2. The largest absolute Gasteiger partial charge is 0.462 e. The van der Waals surface area contributed by atoms with Gasteiger partial charge in [0, 0.05) is 17.4 Å². The van der Waals surface area contributed by atoms with Crippen LogP contribution in [0.15, 0.2) is 72.9 Å². The molecule has 0 radical (unpaired) electrons. The number of fused-ring (bicyclic) bond motifs is 2. The van der Waals surface area contributed by atoms with Gasteiger partial charge in [-0.15, -0.1) is 0 Å². The Balaban J connectivity index is 1.23. The highest BCUT2D eigenvalue weighted by Crippen LogP contribution is 2.31. The first kappa shape index (κ1) is 27.9. The Morgan fingerprint density at radius 2 is 1.93 bits per heavy atom. The molecular weight excluding hydrogens is 558 g/mol. The van der Waals surface area contributed by atoms with Gasteiger partial charge in [0.05, 0.1) is 28.8 Å². The topological polar surface area (TPSA) is 104 Å². The summed E-state index contributed by atoms with van der Waals surface area (Å²) in [6.45, 7) is 1.99. The molecular formula is C31H26ClN5O3S. The predicted molar refractivity (Wildman–Crippen MR) is 162 cm³/mol. The van der Waals surface area contributed by atoms with Gasteiger partial charge in [-0.3, -0.25) is 15.6 Å². The first-order valence-corrected chi connectivity index (χ1v) is 13.8. The molecule has 1 aliphatic carbocycles. The van der Waals surface area contributed by atoms with Gasteiger partial charge in [0.1, 0.15) is 0 Å². The fraction of sp³-hybridized carbons (Fsp3) is 0.161. The van der Waals surface area contributed by atoms with Crippen LogP contribution in [0, 0.1) is 12.1 Å². The van der Waals surface area contributed by atoms with E-state index in [9.17, 15) is 9.59 Å². The second-order valence-corrected chi connectivity index (χ2v) is 10.0. The summed E-state index contributed by atoms with van der Waals surface area (Å²) < 4.78 is 5.01. The van der Waals surface area contributed by atoms with Gasteiger partial charge in [-0.2, -0.15) is 0 Å². The van der Waals surface area contributed by atoms with Crippen molar-refractivity contribution in [3.05, 3.63) is 123 Å². The van der Waals surface area contributed by atoms with Gasteiger partial charge in [0.15, 0.2) is 10.9 Å². The van der Waals surface area contributed by atoms with Crippen molar-refractivity contribution in [3.8, 4) is 0 Å². The second kappa shape index (κ2) is 12.7. The van der Waals surface area contributed by atoms with Crippen molar-refractivity contribution >= 4 is 52.3 Å². The van der Waals surface area contributed by atoms with Crippen molar-refractivity contribution in [2.45, 2.75) is 25.8 Å². The molecule has 10 heteroatoms. The summed E-state index contributed by atoms with van der Waals surface area (Å²) in [5.74, 6) is -0.605. The summed E-state index contributed by atoms with van der Waals surface area (Å²) in [7, 11) is 0. The number of carbonyl (C=O) groups is 2. The van der Waals surface area contributed by atoms with Crippen molar-refractivity contribution in [2.24, 2.45) is 0 Å². The first-order valence-electron chi connectivity index (χ1n) is 13.0. The van der Waals surface area contributed by atoms with Crippen molar-refractivity contribution in [3.63, 3.8) is 0 Å². The number of thiocarbonyl (C=S) groups is 1. The Hall–Kier alpha value is -4.65. The number of aromatic nitrogens is 1. The SMILES string of the molecule is CCOC(=O)c1cccc(NC(=O)c2cnc(NNC(=S)NC3c4ccc#cc4CCc4ccccc43)c(Cl)c2)c1. The van der Waals surface area contributed by atoms with Crippen molar-refractivity contribution in [1.29, 1.82) is 0 Å². The average molecular weight is 584 g/mol. The molecule has 4 aromatic rings. The van der Waals surface area contributed by atoms with Crippen LogP contribution in [0.4, 0.5) is 11.5 Å². The van der Waals surface area contributed by atoms with Crippen LogP contribution in [0.1, 0.15) is 55.9 Å². The Bertz CT molecular complexity index is 1560. The number of nitrogens with zero attached hydrogens (tertiary/aromatic N) is 1. The van der Waals surface area contributed by atoms with Crippen molar-refractivity contribution in [1.82, 2.24) is 15.7 Å². The summed E-state index contributed by atoms with van der Waals surface area (Å²) in [5, 5.41) is 6.69. The monoisotopic (exact) mass is 583 g/mol. The number of esters is 1. The molecule has 8 nitrogen and oxygen atoms in total. The van der Waals surface area contributed by atoms with Crippen LogP contribution < -0.4 is 21.5 Å². The van der Waals surface area contributed by atoms with E-state index in [1.54, 1.807) is 31.2 Å². The van der Waals surface area contributed by atoms with E-state index in [4.69, 9.17) is 28.6 Å². The molecule has 0 aliphatic heterocycles. The molecule has 4 N–H and O–H groups in total. The number of rotatable bonds is 7. The normalized spacial score (nSPS) is 12.0. The quantitative estimate of drug-likeness (QED) is 0.129. The lowest BCUT2D eigenvalue weighted by molar-refractivity contribution is 0.0526. The van der Waals surface area contributed by atoms with Crippen LogP contribution in [0.25, 0.3) is 0 Å². The predicted octanol–water partition coefficient (Wildman–Crippen LogP) is 5.44. The van der Waals surface area contributed by atoms with E-state index < -0.39 is 11.9 Å². The highest BCUT2D eigenvalue weighted by molar-refractivity contribution is 7.80. The molecule has 5 rings (SSSR count). The molecule has 0 saturated heterocycles. The zero-order valence-corrected chi connectivity index (χ0v) is 23.7. The number of pyridine rings is 1. The minimum atomic E-state index is -0.465. The standard InChI is InChI=1S/C31H26ClN5O3S/c1-2-40-30(39)21-10-7-11-23(16-21)34-29(38)22-17-26(32)28(33-18-22)36-37-31(41)35-27-24-12-5-3-8-19(24)14-15-20-9-4-6-13-25(20)27/h3,5-8,10-13,16-18,27H,2,14-15H2,1H3,(H,33,36)(H,34,38)(H2,35,37,41). The number of nitrogens with one attached hydrogen (secondary N) is 4. The molecule has 1 aliphatic rings. The second-order valence-electron chi connectivity index (χ2n) is 9.20. The number of benzene rings is 2. The summed E-state index contributed by atoms with van der Waals surface area (Å²) >= 11 is 12.0. The van der Waals surface area contributed by atoms with E-state index >= 15 is 0 Å². The number of halogens is 1. The van der Waals surface area contributed by atoms with E-state index in [0.717, 1.165) is 29.5 Å². The van der Waals surface area contributed by atoms with E-state index in [1.807, 2.05) is 24.3 Å². The van der Waals surface area contributed by atoms with Crippen LogP contribution in [0.5, 0.6) is 0 Å². The first-order chi connectivity index (χ1) is 19.9. The number of hydrogen-bond donors (Lipinski definition) is 4. The maximum absolute atomic E-state index is 12.8. The smallest absolute Gasteiger partial charge is 0.338 e. The van der Waals surface area contributed by atoms with E-state index in [-0.39, 0.29) is 23.2 Å². The molecule has 0 bridgehead atoms. The minimum absolute atomic E-state index is 0.173. The van der Waals surface area contributed by atoms with E-state index in [2.05, 4.69) is 50.7 Å². The maximum Gasteiger partial charge on any atom is 0.338 e. The molecule has 1 aromatic heterocycles. The Morgan fingerprint density at radius 3 is 2.76 bits per heavy atom. The van der Waals surface area contributed by atoms with Crippen molar-refractivity contribution in [2.75, 3.05) is 17.3 Å². The zero-order chi connectivity index (χ0) is 28.8. The summed E-state index contributed by atoms with van der Waals surface area (Å²) in [6.07, 6.45) is 3.17. The molecule has 41 heavy (non-hydrogen) atoms. The number of carbonyl (C=O) groups excluding carboxylic acids is 2. The van der Waals surface area contributed by atoms with Gasteiger partial charge in [0.25, 0.3) is 5.91 Å². The third-order valence-corrected chi connectivity index (χ3v) is 7.05. The van der Waals surface area contributed by atoms with E-state index in [1.165, 1.54) is 17.8 Å². The zero-order valence-electron chi connectivity index (χ0n) is 22.1. The summed E-state index contributed by atoms with van der Waals surface area (Å²) in [6, 6.07) is 26.3. The molecule has 0 spiro atoms. The number of hydrazine groups is 1. The molecule has 1 atom stereocenters. The highest BCUT2D eigenvalue weighted by atomic mass is 35.5. The lowest BCUT2D eigenvalue weighted by Crippen LogP contribution is -2.41. The molecule has 0 fully saturated rings. The third-order valence-electron chi connectivity index (χ3n) is 6.54. The average Bonchev–Trinajstić information content (AvgIpc) is 3.14. The lowest BCUT2D eigenvalue weighted by atomic mass is 9.95. The fourth-order valence-corrected chi connectivity index (χ4v) is 5.00. The molecule has 1 heterocycles. The van der Waals surface area contributed by atoms with Crippen LogP contribution in [0.2, 0.25) is 5.02 Å². The summed E-state index contributed by atoms with van der Waals surface area (Å²) in [5.41, 5.74) is 11.5. The van der Waals surface area contributed by atoms with Gasteiger partial charge in [-0.1, -0.05) is 54.1 Å². The molecule has 3 aromatic carbocycles. The highest BCUT2D eigenvalue weighted by Gasteiger charge is 2.24. The van der Waals surface area contributed by atoms with E-state index in [0.29, 0.717) is 22.2 Å². The Labute approximate surface area is 248 Å². The van der Waals surface area contributed by atoms with Gasteiger partial charge in [-0.25, -0.2) is 9.78 Å². The number of hydrogen-bond acceptors (Lipinski definition) is 6. The fourth-order valence-electron chi connectivity index (χ4n) is 4.62. The van der Waals surface area contributed by atoms with Crippen LogP contribution >= 0.6 is 23.8 Å². The number of aryl methyl sites for hydroxylation is 1.